The topological polar surface area (TPSA) is 0 Å². The molecule has 0 saturated heterocycles. The first-order valence-electron chi connectivity index (χ1n) is 0.628. The SMILES string of the molecule is [Si]=[Ti]([Cl])[Cl]. The van der Waals surface area contributed by atoms with E-state index in [1.54, 1.807) is 0 Å². The Morgan fingerprint density at radius 3 is 1.50 bits per heavy atom. The maximum absolute atomic E-state index is 5.12. The van der Waals surface area contributed by atoms with E-state index in [-0.39, 0.29) is 0 Å². The van der Waals surface area contributed by atoms with Crippen LogP contribution in [0.3, 0.4) is 0 Å². The van der Waals surface area contributed by atoms with Gasteiger partial charge in [0.1, 0.15) is 0 Å². The summed E-state index contributed by atoms with van der Waals surface area (Å²) in [6.07, 6.45) is 0. The molecule has 0 nitrogen and oxygen atoms in total. The predicted molar refractivity (Wildman–Crippen MR) is 17.5 cm³/mol. The van der Waals surface area contributed by atoms with E-state index in [9.17, 15) is 0 Å². The Balaban J connectivity index is 2.80. The summed E-state index contributed by atoms with van der Waals surface area (Å²) in [5.74, 6) is 0. The minimum absolute atomic E-state index is 1.58. The first-order chi connectivity index (χ1) is 1.73. The van der Waals surface area contributed by atoms with Gasteiger partial charge in [0.15, 0.2) is 0 Å². The minimum atomic E-state index is -1.58. The summed E-state index contributed by atoms with van der Waals surface area (Å²) in [5.41, 5.74) is 0. The van der Waals surface area contributed by atoms with Crippen LogP contribution >= 0.6 is 18.6 Å². The molecule has 0 bridgehead atoms. The summed E-state index contributed by atoms with van der Waals surface area (Å²) in [5, 5.41) is 0. The van der Waals surface area contributed by atoms with E-state index in [1.165, 1.54) is 0 Å². The third kappa shape index (κ3) is 9.70. The Morgan fingerprint density at radius 1 is 1.50 bits per heavy atom. The molecular weight excluding hydrogens is 147 g/mol. The van der Waals surface area contributed by atoms with Gasteiger partial charge >= 0.3 is 40.7 Å². The fraction of sp³-hybridized carbons (Fsp3) is 0. The quantitative estimate of drug-likeness (QED) is 0.448. The van der Waals surface area contributed by atoms with Crippen LogP contribution in [0.15, 0.2) is 0 Å². The van der Waals surface area contributed by atoms with Crippen LogP contribution in [0.5, 0.6) is 0 Å². The Bertz CT molecular complexity index is 29.0. The molecule has 4 heavy (non-hydrogen) atoms. The fourth-order valence-electron chi connectivity index (χ4n) is 0. The van der Waals surface area contributed by atoms with Gasteiger partial charge < -0.3 is 0 Å². The summed E-state index contributed by atoms with van der Waals surface area (Å²) in [7, 11) is 13.2. The monoisotopic (exact) mass is 146 g/mol. The summed E-state index contributed by atoms with van der Waals surface area (Å²) < 4.78 is 0. The molecule has 0 unspecified atom stereocenters. The molecule has 0 N–H and O–H groups in total. The van der Waals surface area contributed by atoms with Crippen molar-refractivity contribution in [2.24, 2.45) is 0 Å². The fourth-order valence-corrected chi connectivity index (χ4v) is 0. The summed E-state index contributed by atoms with van der Waals surface area (Å²) >= 11 is -1.58. The molecule has 0 rings (SSSR count). The molecule has 0 fully saturated rings. The van der Waals surface area contributed by atoms with E-state index < -0.39 is 14.5 Å². The second-order valence-corrected chi connectivity index (χ2v) is 9.66. The molecule has 0 aromatic heterocycles. The Hall–Kier alpha value is 1.51. The van der Waals surface area contributed by atoms with Crippen molar-refractivity contribution < 1.29 is 14.5 Å². The van der Waals surface area contributed by atoms with Gasteiger partial charge in [0, 0.05) is 0 Å². The Labute approximate surface area is 40.7 Å². The molecular formula is Cl2SiTi. The van der Waals surface area contributed by atoms with E-state index in [0.29, 0.717) is 0 Å². The molecule has 0 heterocycles. The molecule has 0 spiro atoms. The third-order valence-electron chi connectivity index (χ3n) is 0. The van der Waals surface area contributed by atoms with Gasteiger partial charge in [0.25, 0.3) is 0 Å². The Morgan fingerprint density at radius 2 is 1.50 bits per heavy atom. The van der Waals surface area contributed by atoms with E-state index in [4.69, 9.17) is 18.6 Å². The zero-order valence-electron chi connectivity index (χ0n) is 1.76. The van der Waals surface area contributed by atoms with Crippen LogP contribution in [0.2, 0.25) is 0 Å². The summed E-state index contributed by atoms with van der Waals surface area (Å²) in [6.45, 7) is 0. The van der Waals surface area contributed by atoms with Gasteiger partial charge in [-0.25, -0.2) is 0 Å². The van der Waals surface area contributed by atoms with Crippen LogP contribution < -0.4 is 0 Å². The zero-order chi connectivity index (χ0) is 3.58. The van der Waals surface area contributed by atoms with Crippen LogP contribution in [-0.2, 0) is 14.5 Å². The molecule has 0 atom stereocenters. The van der Waals surface area contributed by atoms with Gasteiger partial charge in [-0.2, -0.15) is 0 Å². The van der Waals surface area contributed by atoms with Gasteiger partial charge in [-0.1, -0.05) is 0 Å². The van der Waals surface area contributed by atoms with Crippen molar-refractivity contribution in [3.05, 3.63) is 0 Å². The van der Waals surface area contributed by atoms with Crippen LogP contribution in [0.25, 0.3) is 0 Å². The number of hydrogen-bond acceptors (Lipinski definition) is 0. The summed E-state index contributed by atoms with van der Waals surface area (Å²) in [6, 6.07) is 0. The molecule has 0 aromatic carbocycles. The van der Waals surface area contributed by atoms with Crippen molar-refractivity contribution in [2.75, 3.05) is 0 Å². The molecule has 22 valence electrons. The van der Waals surface area contributed by atoms with Crippen molar-refractivity contribution in [1.82, 2.24) is 0 Å². The van der Waals surface area contributed by atoms with Crippen molar-refractivity contribution in [3.8, 4) is 0 Å². The maximum atomic E-state index is 5.12. The number of halogens is 2. The third-order valence-corrected chi connectivity index (χ3v) is 0. The normalized spacial score (nSPS) is 6.50. The van der Waals surface area contributed by atoms with Crippen LogP contribution in [-0.4, -0.2) is 7.63 Å². The van der Waals surface area contributed by atoms with Crippen LogP contribution in [0.4, 0.5) is 0 Å². The van der Waals surface area contributed by atoms with Crippen molar-refractivity contribution >= 4 is 26.2 Å². The zero-order valence-corrected chi connectivity index (χ0v) is 5.83. The predicted octanol–water partition coefficient (Wildman–Crippen LogP) is 0.996. The number of hydrogen-bond donors (Lipinski definition) is 0. The van der Waals surface area contributed by atoms with Crippen LogP contribution in [0, 0.1) is 0 Å². The van der Waals surface area contributed by atoms with Gasteiger partial charge in [-0.3, -0.25) is 0 Å². The molecule has 0 amide bonds. The molecule has 0 saturated carbocycles. The van der Waals surface area contributed by atoms with E-state index in [0.717, 1.165) is 0 Å². The molecule has 0 aromatic rings. The first kappa shape index (κ1) is 5.51. The number of rotatable bonds is 0. The summed E-state index contributed by atoms with van der Waals surface area (Å²) in [4.78, 5) is 0. The van der Waals surface area contributed by atoms with Gasteiger partial charge in [-0.15, -0.1) is 0 Å². The van der Waals surface area contributed by atoms with Gasteiger partial charge in [0.2, 0.25) is 0 Å². The average molecular weight is 147 g/mol. The van der Waals surface area contributed by atoms with Crippen LogP contribution in [0.1, 0.15) is 0 Å². The molecule has 0 aliphatic heterocycles. The first-order valence-corrected chi connectivity index (χ1v) is 7.77. The molecule has 0 aliphatic carbocycles. The Kier molecular flexibility index (Phi) is 3.77. The second kappa shape index (κ2) is 2.73. The van der Waals surface area contributed by atoms with E-state index in [2.05, 4.69) is 7.63 Å². The van der Waals surface area contributed by atoms with Crippen molar-refractivity contribution in [2.45, 2.75) is 0 Å². The van der Waals surface area contributed by atoms with E-state index in [1.807, 2.05) is 0 Å². The second-order valence-electron chi connectivity index (χ2n) is 0.260. The van der Waals surface area contributed by atoms with Crippen molar-refractivity contribution in [1.29, 1.82) is 0 Å². The van der Waals surface area contributed by atoms with Crippen molar-refractivity contribution in [3.63, 3.8) is 0 Å². The molecule has 4 heteroatoms. The standard InChI is InChI=1S/2ClH.Si.Ti/h2*1H;;/q;;;+2/p-2. The van der Waals surface area contributed by atoms with E-state index >= 15 is 0 Å². The average Bonchev–Trinajstić information content (AvgIpc) is 0.811. The molecule has 0 aliphatic rings. The molecule has 2 radical (unpaired) electrons. The van der Waals surface area contributed by atoms with Gasteiger partial charge in [0.05, 0.1) is 0 Å². The van der Waals surface area contributed by atoms with Gasteiger partial charge in [-0.05, 0) is 0 Å².